The van der Waals surface area contributed by atoms with Crippen molar-refractivity contribution in [2.75, 3.05) is 0 Å². The van der Waals surface area contributed by atoms with Gasteiger partial charge in [-0.1, -0.05) is 40.2 Å². The lowest BCUT2D eigenvalue weighted by molar-refractivity contribution is 0.513. The van der Waals surface area contributed by atoms with E-state index in [4.69, 9.17) is 0 Å². The summed E-state index contributed by atoms with van der Waals surface area (Å²) in [5.74, 6) is 0.373. The van der Waals surface area contributed by atoms with Crippen LogP contribution in [0, 0.1) is 11.3 Å². The molecule has 1 N–H and O–H groups in total. The second kappa shape index (κ2) is 5.66. The monoisotopic (exact) mass is 353 g/mol. The van der Waals surface area contributed by atoms with Crippen LogP contribution < -0.4 is 0 Å². The lowest BCUT2D eigenvalue weighted by Gasteiger charge is -2.05. The van der Waals surface area contributed by atoms with Crippen molar-refractivity contribution in [3.8, 4) is 6.07 Å². The lowest BCUT2D eigenvalue weighted by Crippen LogP contribution is -1.99. The molecule has 1 heterocycles. The highest BCUT2D eigenvalue weighted by atomic mass is 79.9. The molecule has 4 nitrogen and oxygen atoms in total. The fourth-order valence-electron chi connectivity index (χ4n) is 2.33. The van der Waals surface area contributed by atoms with E-state index in [1.807, 2.05) is 48.0 Å². The van der Waals surface area contributed by atoms with Crippen LogP contribution in [-0.4, -0.2) is 14.7 Å². The Bertz CT molecular complexity index is 917. The summed E-state index contributed by atoms with van der Waals surface area (Å²) < 4.78 is 2.72. The third kappa shape index (κ3) is 2.38. The fourth-order valence-corrected chi connectivity index (χ4v) is 2.59. The van der Waals surface area contributed by atoms with Crippen LogP contribution in [-0.2, 0) is 7.05 Å². The molecule has 1 aromatic heterocycles. The molecule has 108 valence electrons. The van der Waals surface area contributed by atoms with Crippen LogP contribution in [0.3, 0.4) is 0 Å². The fraction of sp³-hybridized carbons (Fsp3) is 0.0588. The average Bonchev–Trinajstić information content (AvgIpc) is 2.86. The summed E-state index contributed by atoms with van der Waals surface area (Å²) in [5.41, 5.74) is 2.43. The van der Waals surface area contributed by atoms with Gasteiger partial charge in [0.25, 0.3) is 0 Å². The van der Waals surface area contributed by atoms with E-state index in [0.717, 1.165) is 15.5 Å². The second-order valence-electron chi connectivity index (χ2n) is 4.83. The zero-order chi connectivity index (χ0) is 15.7. The summed E-state index contributed by atoms with van der Waals surface area (Å²) in [6, 6.07) is 16.8. The summed E-state index contributed by atoms with van der Waals surface area (Å²) >= 11 is 3.35. The Morgan fingerprint density at radius 3 is 2.50 bits per heavy atom. The molecule has 0 aliphatic carbocycles. The smallest absolute Gasteiger partial charge is 0.155 e. The average molecular weight is 354 g/mol. The molecule has 0 spiro atoms. The van der Waals surface area contributed by atoms with Gasteiger partial charge in [0.2, 0.25) is 0 Å². The van der Waals surface area contributed by atoms with Crippen LogP contribution in [0.25, 0.3) is 22.4 Å². The third-order valence-electron chi connectivity index (χ3n) is 3.48. The highest BCUT2D eigenvalue weighted by molar-refractivity contribution is 9.10. The van der Waals surface area contributed by atoms with Crippen LogP contribution in [0.5, 0.6) is 0 Å². The first kappa shape index (κ1) is 14.4. The predicted molar refractivity (Wildman–Crippen MR) is 89.9 cm³/mol. The van der Waals surface area contributed by atoms with Gasteiger partial charge in [0.1, 0.15) is 17.4 Å². The van der Waals surface area contributed by atoms with Gasteiger partial charge in [-0.2, -0.15) is 5.26 Å². The van der Waals surface area contributed by atoms with Crippen LogP contribution >= 0.6 is 15.9 Å². The van der Waals surface area contributed by atoms with Gasteiger partial charge in [0, 0.05) is 17.1 Å². The van der Waals surface area contributed by atoms with Crippen molar-refractivity contribution < 1.29 is 5.11 Å². The molecule has 0 unspecified atom stereocenters. The van der Waals surface area contributed by atoms with Gasteiger partial charge >= 0.3 is 0 Å². The molecule has 0 atom stereocenters. The second-order valence-corrected chi connectivity index (χ2v) is 5.74. The first-order valence-corrected chi connectivity index (χ1v) is 7.42. The molecule has 3 rings (SSSR count). The molecule has 22 heavy (non-hydrogen) atoms. The van der Waals surface area contributed by atoms with Gasteiger partial charge < -0.3 is 9.67 Å². The van der Waals surface area contributed by atoms with Crippen molar-refractivity contribution in [2.45, 2.75) is 0 Å². The van der Waals surface area contributed by atoms with E-state index in [1.54, 1.807) is 12.1 Å². The number of aromatic nitrogens is 2. The Labute approximate surface area is 136 Å². The summed E-state index contributed by atoms with van der Waals surface area (Å²) in [7, 11) is 1.83. The number of allylic oxidation sites excluding steroid dienone is 1. The highest BCUT2D eigenvalue weighted by Gasteiger charge is 2.17. The first-order chi connectivity index (χ1) is 10.6. The van der Waals surface area contributed by atoms with Crippen LogP contribution in [0.15, 0.2) is 53.0 Å². The maximum absolute atomic E-state index is 10.5. The van der Waals surface area contributed by atoms with Gasteiger partial charge in [0.05, 0.1) is 11.0 Å². The summed E-state index contributed by atoms with van der Waals surface area (Å²) in [5, 5.41) is 19.9. The van der Waals surface area contributed by atoms with Crippen molar-refractivity contribution in [1.29, 1.82) is 5.26 Å². The largest absolute Gasteiger partial charge is 0.506 e. The number of para-hydroxylation sites is 2. The van der Waals surface area contributed by atoms with Gasteiger partial charge in [-0.05, 0) is 24.3 Å². The molecular weight excluding hydrogens is 342 g/mol. The van der Waals surface area contributed by atoms with E-state index < -0.39 is 0 Å². The maximum atomic E-state index is 10.5. The third-order valence-corrected chi connectivity index (χ3v) is 4.01. The van der Waals surface area contributed by atoms with Crippen LogP contribution in [0.1, 0.15) is 11.4 Å². The SMILES string of the molecule is Cn1c(/C(C#N)=C(\O)c2ccc(Br)cc2)nc2ccccc21. The van der Waals surface area contributed by atoms with Crippen LogP contribution in [0.2, 0.25) is 0 Å². The first-order valence-electron chi connectivity index (χ1n) is 6.63. The number of nitrogens with zero attached hydrogens (tertiary/aromatic N) is 3. The van der Waals surface area contributed by atoms with Crippen molar-refractivity contribution >= 4 is 38.3 Å². The molecule has 5 heteroatoms. The minimum absolute atomic E-state index is 0.0755. The molecule has 0 saturated carbocycles. The van der Waals surface area contributed by atoms with Crippen molar-refractivity contribution in [2.24, 2.45) is 7.05 Å². The standard InChI is InChI=1S/C17H12BrN3O/c1-21-15-5-3-2-4-14(15)20-17(21)13(10-19)16(22)11-6-8-12(18)9-7-11/h2-9,22H,1H3/b16-13-. The van der Waals surface area contributed by atoms with Gasteiger partial charge in [0.15, 0.2) is 5.82 Å². The molecule has 0 radical (unpaired) electrons. The normalized spacial score (nSPS) is 12.0. The molecule has 0 amide bonds. The topological polar surface area (TPSA) is 61.8 Å². The molecule has 0 aliphatic rings. The Hall–Kier alpha value is -2.58. The number of aryl methyl sites for hydroxylation is 1. The van der Waals surface area contributed by atoms with E-state index in [-0.39, 0.29) is 11.3 Å². The number of fused-ring (bicyclic) bond motifs is 1. The van der Waals surface area contributed by atoms with E-state index >= 15 is 0 Å². The van der Waals surface area contributed by atoms with Gasteiger partial charge in [-0.3, -0.25) is 0 Å². The Balaban J connectivity index is 2.21. The number of imidazole rings is 1. The highest BCUT2D eigenvalue weighted by Crippen LogP contribution is 2.26. The number of halogens is 1. The number of benzene rings is 2. The van der Waals surface area contributed by atoms with E-state index in [9.17, 15) is 10.4 Å². The maximum Gasteiger partial charge on any atom is 0.155 e. The van der Waals surface area contributed by atoms with Crippen LogP contribution in [0.4, 0.5) is 0 Å². The number of aliphatic hydroxyl groups is 1. The molecule has 3 aromatic rings. The van der Waals surface area contributed by atoms with Crippen molar-refractivity contribution in [3.63, 3.8) is 0 Å². The van der Waals surface area contributed by atoms with Gasteiger partial charge in [-0.25, -0.2) is 4.98 Å². The Kier molecular flexibility index (Phi) is 3.70. The van der Waals surface area contributed by atoms with Crippen molar-refractivity contribution in [1.82, 2.24) is 9.55 Å². The molecule has 0 aliphatic heterocycles. The van der Waals surface area contributed by atoms with E-state index in [2.05, 4.69) is 27.0 Å². The number of hydrogen-bond acceptors (Lipinski definition) is 3. The zero-order valence-corrected chi connectivity index (χ0v) is 13.4. The molecule has 2 aromatic carbocycles. The number of hydrogen-bond donors (Lipinski definition) is 1. The molecular formula is C17H12BrN3O. The molecule has 0 fully saturated rings. The lowest BCUT2D eigenvalue weighted by atomic mass is 10.1. The predicted octanol–water partition coefficient (Wildman–Crippen LogP) is 4.29. The van der Waals surface area contributed by atoms with Gasteiger partial charge in [-0.15, -0.1) is 0 Å². The molecule has 0 bridgehead atoms. The number of nitriles is 1. The zero-order valence-electron chi connectivity index (χ0n) is 11.8. The minimum atomic E-state index is -0.0755. The van der Waals surface area contributed by atoms with E-state index in [1.165, 1.54) is 0 Å². The number of aliphatic hydroxyl groups excluding tert-OH is 1. The Morgan fingerprint density at radius 1 is 1.18 bits per heavy atom. The van der Waals surface area contributed by atoms with Crippen molar-refractivity contribution in [3.05, 3.63) is 64.4 Å². The Morgan fingerprint density at radius 2 is 1.86 bits per heavy atom. The summed E-state index contributed by atoms with van der Waals surface area (Å²) in [6.07, 6.45) is 0. The summed E-state index contributed by atoms with van der Waals surface area (Å²) in [4.78, 5) is 4.46. The van der Waals surface area contributed by atoms with E-state index in [0.29, 0.717) is 11.4 Å². The number of rotatable bonds is 2. The molecule has 0 saturated heterocycles. The quantitative estimate of drug-likeness (QED) is 0.552. The summed E-state index contributed by atoms with van der Waals surface area (Å²) in [6.45, 7) is 0. The minimum Gasteiger partial charge on any atom is -0.506 e.